The Bertz CT molecular complexity index is 3170. The van der Waals surface area contributed by atoms with E-state index in [9.17, 15) is 0 Å². The van der Waals surface area contributed by atoms with Crippen LogP contribution in [-0.4, -0.2) is 9.97 Å². The van der Waals surface area contributed by atoms with Gasteiger partial charge >= 0.3 is 0 Å². The van der Waals surface area contributed by atoms with E-state index in [-0.39, 0.29) is 0 Å². The Balaban J connectivity index is 0.992. The van der Waals surface area contributed by atoms with Crippen molar-refractivity contribution in [3.8, 4) is 56.2 Å². The maximum absolute atomic E-state index is 6.28. The molecule has 1 spiro atoms. The van der Waals surface area contributed by atoms with Gasteiger partial charge in [-0.15, -0.1) is 0 Å². The van der Waals surface area contributed by atoms with Crippen molar-refractivity contribution in [1.29, 1.82) is 0 Å². The first-order valence-corrected chi connectivity index (χ1v) is 20.1. The van der Waals surface area contributed by atoms with E-state index in [4.69, 9.17) is 14.4 Å². The molecule has 0 unspecified atom stereocenters. The lowest BCUT2D eigenvalue weighted by atomic mass is 9.67. The zero-order valence-electron chi connectivity index (χ0n) is 30.7. The molecule has 266 valence electrons. The van der Waals surface area contributed by atoms with Crippen molar-refractivity contribution in [1.82, 2.24) is 9.97 Å². The summed E-state index contributed by atoms with van der Waals surface area (Å²) in [5.41, 5.74) is 16.4. The number of hydrogen-bond acceptors (Lipinski definition) is 4. The van der Waals surface area contributed by atoms with Crippen LogP contribution in [0.15, 0.2) is 208 Å². The molecule has 10 aromatic rings. The predicted octanol–water partition coefficient (Wildman–Crippen LogP) is 13.9. The molecule has 8 aromatic carbocycles. The van der Waals surface area contributed by atoms with Crippen molar-refractivity contribution >= 4 is 33.7 Å². The zero-order valence-corrected chi connectivity index (χ0v) is 31.5. The highest BCUT2D eigenvalue weighted by Gasteiger charge is 2.50. The van der Waals surface area contributed by atoms with Crippen LogP contribution in [0.2, 0.25) is 0 Å². The number of nitrogens with zero attached hydrogens (tertiary/aromatic N) is 2. The van der Waals surface area contributed by atoms with Crippen LogP contribution in [0, 0.1) is 0 Å². The second-order valence-corrected chi connectivity index (χ2v) is 15.9. The fourth-order valence-corrected chi connectivity index (χ4v) is 10.6. The van der Waals surface area contributed by atoms with Crippen molar-refractivity contribution in [2.75, 3.05) is 0 Å². The molecular formula is C53H32N2OS. The van der Waals surface area contributed by atoms with Gasteiger partial charge in [0.05, 0.1) is 16.8 Å². The Morgan fingerprint density at radius 2 is 0.965 bits per heavy atom. The van der Waals surface area contributed by atoms with Crippen molar-refractivity contribution in [3.05, 3.63) is 216 Å². The van der Waals surface area contributed by atoms with Crippen LogP contribution in [0.1, 0.15) is 22.3 Å². The quantitative estimate of drug-likeness (QED) is 0.180. The SMILES string of the molecule is c1ccc(-c2cc(-c3ccc4c(c3)oc3ccccc34)nc(-c3ccc(-c4cccc5c4Sc4ccccc4C54c5ccccc5-c5ccccc54)cc3)n2)cc1. The molecule has 0 saturated heterocycles. The normalized spacial score (nSPS) is 13.3. The molecular weight excluding hydrogens is 713 g/mol. The fourth-order valence-electron chi connectivity index (χ4n) is 9.27. The maximum atomic E-state index is 6.28. The van der Waals surface area contributed by atoms with Gasteiger partial charge in [-0.25, -0.2) is 9.97 Å². The summed E-state index contributed by atoms with van der Waals surface area (Å²) in [5.74, 6) is 0.680. The third-order valence-corrected chi connectivity index (χ3v) is 13.0. The average molecular weight is 745 g/mol. The minimum absolute atomic E-state index is 0.409. The lowest BCUT2D eigenvalue weighted by Crippen LogP contribution is -2.32. The second kappa shape index (κ2) is 12.5. The molecule has 0 saturated carbocycles. The first-order valence-electron chi connectivity index (χ1n) is 19.3. The van der Waals surface area contributed by atoms with Crippen molar-refractivity contribution in [2.24, 2.45) is 0 Å². The highest BCUT2D eigenvalue weighted by Crippen LogP contribution is 2.63. The van der Waals surface area contributed by atoms with Crippen LogP contribution in [0.3, 0.4) is 0 Å². The smallest absolute Gasteiger partial charge is 0.160 e. The summed E-state index contributed by atoms with van der Waals surface area (Å²) in [6.45, 7) is 0. The summed E-state index contributed by atoms with van der Waals surface area (Å²) in [4.78, 5) is 12.9. The Labute approximate surface area is 334 Å². The number of hydrogen-bond donors (Lipinski definition) is 0. The van der Waals surface area contributed by atoms with Crippen LogP contribution in [-0.2, 0) is 5.41 Å². The Morgan fingerprint density at radius 3 is 1.75 bits per heavy atom. The number of benzene rings is 8. The van der Waals surface area contributed by atoms with Crippen LogP contribution in [0.4, 0.5) is 0 Å². The molecule has 2 aromatic heterocycles. The molecule has 0 fully saturated rings. The van der Waals surface area contributed by atoms with Gasteiger partial charge in [-0.05, 0) is 74.8 Å². The lowest BCUT2D eigenvalue weighted by molar-refractivity contribution is 0.669. The molecule has 3 nitrogen and oxygen atoms in total. The number of para-hydroxylation sites is 1. The average Bonchev–Trinajstić information content (AvgIpc) is 3.80. The van der Waals surface area contributed by atoms with Gasteiger partial charge in [0.1, 0.15) is 11.2 Å². The second-order valence-electron chi connectivity index (χ2n) is 14.8. The zero-order chi connectivity index (χ0) is 37.5. The third kappa shape index (κ3) is 4.81. The van der Waals surface area contributed by atoms with E-state index in [1.54, 1.807) is 0 Å². The lowest BCUT2D eigenvalue weighted by Gasteiger charge is -2.40. The summed E-state index contributed by atoms with van der Waals surface area (Å²) in [6, 6.07) is 69.6. The minimum Gasteiger partial charge on any atom is -0.456 e. The molecule has 12 rings (SSSR count). The van der Waals surface area contributed by atoms with E-state index >= 15 is 0 Å². The molecule has 3 heterocycles. The first kappa shape index (κ1) is 32.3. The summed E-state index contributed by atoms with van der Waals surface area (Å²) in [7, 11) is 0. The van der Waals surface area contributed by atoms with Gasteiger partial charge < -0.3 is 4.42 Å². The van der Waals surface area contributed by atoms with Crippen LogP contribution < -0.4 is 0 Å². The van der Waals surface area contributed by atoms with E-state index in [1.165, 1.54) is 48.7 Å². The molecule has 0 bridgehead atoms. The van der Waals surface area contributed by atoms with E-state index in [0.29, 0.717) is 5.82 Å². The Morgan fingerprint density at radius 1 is 0.386 bits per heavy atom. The molecule has 0 atom stereocenters. The van der Waals surface area contributed by atoms with Crippen molar-refractivity contribution < 1.29 is 4.42 Å². The first-order chi connectivity index (χ1) is 28.2. The van der Waals surface area contributed by atoms with Gasteiger partial charge in [0.15, 0.2) is 5.82 Å². The Hall–Kier alpha value is -7.01. The van der Waals surface area contributed by atoms with E-state index in [2.05, 4.69) is 170 Å². The highest BCUT2D eigenvalue weighted by molar-refractivity contribution is 7.99. The summed E-state index contributed by atoms with van der Waals surface area (Å²) in [5, 5.41) is 2.21. The largest absolute Gasteiger partial charge is 0.456 e. The monoisotopic (exact) mass is 744 g/mol. The standard InChI is InChI=1S/C53H32N2OS/c1-2-13-34(14-3-1)46-32-47(36-29-30-41-40-17-6-10-23-48(40)56-49(41)31-36)55-52(54-46)35-27-25-33(26-28-35)37-18-12-22-45-51(37)57-50-24-11-9-21-44(50)53(45)42-19-7-4-15-38(42)39-16-5-8-20-43(39)53/h1-32H. The maximum Gasteiger partial charge on any atom is 0.160 e. The molecule has 1 aliphatic heterocycles. The summed E-state index contributed by atoms with van der Waals surface area (Å²) in [6.07, 6.45) is 0. The van der Waals surface area contributed by atoms with Crippen molar-refractivity contribution in [2.45, 2.75) is 15.2 Å². The number of rotatable bonds is 4. The third-order valence-electron chi connectivity index (χ3n) is 11.8. The Kier molecular flexibility index (Phi) is 7.08. The molecule has 4 heteroatoms. The van der Waals surface area contributed by atoms with Crippen LogP contribution >= 0.6 is 11.8 Å². The van der Waals surface area contributed by atoms with Gasteiger partial charge in [-0.3, -0.25) is 0 Å². The summed E-state index contributed by atoms with van der Waals surface area (Å²) < 4.78 is 6.28. The summed E-state index contributed by atoms with van der Waals surface area (Å²) >= 11 is 1.88. The van der Waals surface area contributed by atoms with Crippen LogP contribution in [0.25, 0.3) is 78.1 Å². The highest BCUT2D eigenvalue weighted by atomic mass is 32.2. The number of fused-ring (bicyclic) bond motifs is 12. The fraction of sp³-hybridized carbons (Fsp3) is 0.0189. The van der Waals surface area contributed by atoms with Gasteiger partial charge in [0.25, 0.3) is 0 Å². The van der Waals surface area contributed by atoms with E-state index < -0.39 is 5.41 Å². The van der Waals surface area contributed by atoms with Crippen molar-refractivity contribution in [3.63, 3.8) is 0 Å². The predicted molar refractivity (Wildman–Crippen MR) is 232 cm³/mol. The molecule has 0 radical (unpaired) electrons. The molecule has 0 amide bonds. The van der Waals surface area contributed by atoms with E-state index in [1.807, 2.05) is 36.0 Å². The van der Waals surface area contributed by atoms with Gasteiger partial charge in [0.2, 0.25) is 0 Å². The van der Waals surface area contributed by atoms with Crippen LogP contribution in [0.5, 0.6) is 0 Å². The minimum atomic E-state index is -0.409. The van der Waals surface area contributed by atoms with E-state index in [0.717, 1.165) is 55.6 Å². The van der Waals surface area contributed by atoms with Gasteiger partial charge in [-0.2, -0.15) is 0 Å². The number of aromatic nitrogens is 2. The molecule has 1 aliphatic carbocycles. The molecule has 0 N–H and O–H groups in total. The topological polar surface area (TPSA) is 38.9 Å². The molecule has 57 heavy (non-hydrogen) atoms. The van der Waals surface area contributed by atoms with Gasteiger partial charge in [0, 0.05) is 37.3 Å². The molecule has 2 aliphatic rings. The number of furan rings is 1. The van der Waals surface area contributed by atoms with Gasteiger partial charge in [-0.1, -0.05) is 176 Å².